The van der Waals surface area contributed by atoms with Gasteiger partial charge < -0.3 is 28.7 Å². The highest BCUT2D eigenvalue weighted by Crippen LogP contribution is 2.46. The van der Waals surface area contributed by atoms with E-state index in [0.717, 1.165) is 28.9 Å². The fourth-order valence-electron chi connectivity index (χ4n) is 5.27. The Bertz CT molecular complexity index is 1300. The third-order valence-electron chi connectivity index (χ3n) is 7.26. The highest BCUT2D eigenvalue weighted by Gasteiger charge is 2.37. The van der Waals surface area contributed by atoms with Crippen molar-refractivity contribution in [3.63, 3.8) is 0 Å². The van der Waals surface area contributed by atoms with Gasteiger partial charge in [0.2, 0.25) is 0 Å². The molecule has 2 aromatic carbocycles. The molecule has 0 unspecified atom stereocenters. The van der Waals surface area contributed by atoms with E-state index < -0.39 is 5.54 Å². The average molecular weight is 555 g/mol. The molecule has 0 radical (unpaired) electrons. The number of carbonyl (C=O) groups is 1. The topological polar surface area (TPSA) is 60.5 Å². The number of methoxy groups -OCH3 is 2. The Morgan fingerprint density at radius 1 is 1.08 bits per heavy atom. The molecule has 0 aliphatic carbocycles. The first-order chi connectivity index (χ1) is 18.5. The van der Waals surface area contributed by atoms with Crippen molar-refractivity contribution in [2.45, 2.75) is 59.1 Å². The fourth-order valence-corrected chi connectivity index (χ4v) is 5.44. The summed E-state index contributed by atoms with van der Waals surface area (Å²) in [7, 11) is 3.26. The van der Waals surface area contributed by atoms with Crippen LogP contribution in [0, 0.1) is 0 Å². The molecule has 210 valence electrons. The van der Waals surface area contributed by atoms with E-state index in [-0.39, 0.29) is 12.0 Å². The lowest BCUT2D eigenvalue weighted by Crippen LogP contribution is -2.56. The molecule has 0 atom stereocenters. The fraction of sp³-hybridized carbons (Fsp3) is 0.452. The van der Waals surface area contributed by atoms with Gasteiger partial charge in [-0.05, 0) is 77.3 Å². The summed E-state index contributed by atoms with van der Waals surface area (Å²) in [5.41, 5.74) is 4.48. The van der Waals surface area contributed by atoms with Crippen molar-refractivity contribution in [3.05, 3.63) is 64.3 Å². The molecule has 2 aliphatic heterocycles. The van der Waals surface area contributed by atoms with Crippen LogP contribution in [0.15, 0.2) is 48.2 Å². The van der Waals surface area contributed by atoms with E-state index in [1.807, 2.05) is 63.8 Å². The van der Waals surface area contributed by atoms with E-state index in [1.54, 1.807) is 20.3 Å². The van der Waals surface area contributed by atoms with Crippen LogP contribution in [-0.4, -0.2) is 56.4 Å². The van der Waals surface area contributed by atoms with Crippen LogP contribution in [0.25, 0.3) is 5.70 Å². The molecule has 0 N–H and O–H groups in total. The molecular weight excluding hydrogens is 516 g/mol. The predicted octanol–water partition coefficient (Wildman–Crippen LogP) is 6.48. The zero-order valence-electron chi connectivity index (χ0n) is 24.0. The molecule has 1 amide bonds. The minimum absolute atomic E-state index is 0.00947. The second-order valence-electron chi connectivity index (χ2n) is 10.8. The van der Waals surface area contributed by atoms with Crippen molar-refractivity contribution >= 4 is 28.9 Å². The van der Waals surface area contributed by atoms with Gasteiger partial charge in [-0.15, -0.1) is 0 Å². The molecule has 0 bridgehead atoms. The number of halogens is 1. The molecule has 0 aromatic heterocycles. The normalized spacial score (nSPS) is 18.0. The van der Waals surface area contributed by atoms with Gasteiger partial charge in [-0.25, -0.2) is 0 Å². The molecule has 8 heteroatoms. The Labute approximate surface area is 236 Å². The van der Waals surface area contributed by atoms with Crippen molar-refractivity contribution in [1.29, 1.82) is 0 Å². The number of ether oxygens (including phenoxy) is 4. The Balaban J connectivity index is 1.91. The number of nitrogens with zero attached hydrogens (tertiary/aromatic N) is 2. The van der Waals surface area contributed by atoms with Gasteiger partial charge in [-0.1, -0.05) is 18.2 Å². The number of benzene rings is 2. The summed E-state index contributed by atoms with van der Waals surface area (Å²) in [6.07, 6.45) is 1.33. The highest BCUT2D eigenvalue weighted by molar-refractivity contribution is 6.30. The molecule has 1 fully saturated rings. The first-order valence-electron chi connectivity index (χ1n) is 13.3. The van der Waals surface area contributed by atoms with Crippen LogP contribution >= 0.6 is 11.6 Å². The van der Waals surface area contributed by atoms with Gasteiger partial charge in [0.1, 0.15) is 5.75 Å². The number of hydrogen-bond donors (Lipinski definition) is 0. The van der Waals surface area contributed by atoms with E-state index in [2.05, 4.69) is 11.5 Å². The standard InChI is InChI=1S/C31H39ClN2O5/c1-19(2)39-29-17-26-22(15-28(29)37-8)9-11-25(20(3)30(35)33-13-14-38-18-31(33,5)6)34(26)21(4)24-16-23(32)10-12-27(24)36-7/h10,12,15-17,19H,4,9,11,13-14,18H2,1-3,5-8H3/b25-20+. The van der Waals surface area contributed by atoms with E-state index in [0.29, 0.717) is 59.7 Å². The van der Waals surface area contributed by atoms with E-state index in [1.165, 1.54) is 0 Å². The summed E-state index contributed by atoms with van der Waals surface area (Å²) in [5.74, 6) is 1.93. The van der Waals surface area contributed by atoms with E-state index >= 15 is 0 Å². The Hall–Kier alpha value is -3.16. The van der Waals surface area contributed by atoms with Gasteiger partial charge in [0.15, 0.2) is 11.5 Å². The van der Waals surface area contributed by atoms with Gasteiger partial charge in [0, 0.05) is 40.2 Å². The van der Waals surface area contributed by atoms with Crippen LogP contribution in [0.5, 0.6) is 17.2 Å². The second kappa shape index (κ2) is 11.5. The minimum Gasteiger partial charge on any atom is -0.496 e. The summed E-state index contributed by atoms with van der Waals surface area (Å²) in [4.78, 5) is 18.0. The monoisotopic (exact) mass is 554 g/mol. The quantitative estimate of drug-likeness (QED) is 0.365. The van der Waals surface area contributed by atoms with Crippen molar-refractivity contribution in [1.82, 2.24) is 4.90 Å². The maximum atomic E-state index is 14.0. The summed E-state index contributed by atoms with van der Waals surface area (Å²) in [6.45, 7) is 16.0. The van der Waals surface area contributed by atoms with Crippen LogP contribution in [0.4, 0.5) is 5.69 Å². The van der Waals surface area contributed by atoms with Crippen LogP contribution in [0.3, 0.4) is 0 Å². The molecule has 2 aliphatic rings. The maximum Gasteiger partial charge on any atom is 0.251 e. The molecule has 0 saturated carbocycles. The number of hydrogen-bond acceptors (Lipinski definition) is 6. The number of fused-ring (bicyclic) bond motifs is 1. The number of carbonyl (C=O) groups excluding carboxylic acids is 1. The van der Waals surface area contributed by atoms with E-state index in [4.69, 9.17) is 30.5 Å². The van der Waals surface area contributed by atoms with Crippen molar-refractivity contribution in [2.75, 3.05) is 38.9 Å². The molecule has 1 saturated heterocycles. The largest absolute Gasteiger partial charge is 0.496 e. The number of allylic oxidation sites excluding steroid dienone is 1. The SMILES string of the molecule is C=C(c1cc(Cl)ccc1OC)N1/C(=C(\C)C(=O)N2CCOCC2(C)C)CCc2cc(OC)c(OC(C)C)cc21. The molecule has 4 rings (SSSR count). The lowest BCUT2D eigenvalue weighted by Gasteiger charge is -2.43. The van der Waals surface area contributed by atoms with Crippen LogP contribution in [0.2, 0.25) is 5.02 Å². The lowest BCUT2D eigenvalue weighted by molar-refractivity contribution is -0.142. The van der Waals surface area contributed by atoms with Gasteiger partial charge in [-0.2, -0.15) is 0 Å². The minimum atomic E-state index is -0.409. The number of rotatable bonds is 7. The first-order valence-corrected chi connectivity index (χ1v) is 13.7. The van der Waals surface area contributed by atoms with Gasteiger partial charge in [0.25, 0.3) is 5.91 Å². The zero-order valence-corrected chi connectivity index (χ0v) is 24.8. The third-order valence-corrected chi connectivity index (χ3v) is 7.49. The number of aryl methyl sites for hydroxylation is 1. The Kier molecular flexibility index (Phi) is 8.52. The second-order valence-corrected chi connectivity index (χ2v) is 11.3. The molecule has 39 heavy (non-hydrogen) atoms. The van der Waals surface area contributed by atoms with Gasteiger partial charge in [0.05, 0.1) is 44.8 Å². The van der Waals surface area contributed by atoms with Crippen molar-refractivity contribution in [3.8, 4) is 17.2 Å². The van der Waals surface area contributed by atoms with Crippen molar-refractivity contribution < 1.29 is 23.7 Å². The zero-order chi connectivity index (χ0) is 28.5. The third kappa shape index (κ3) is 5.75. The first kappa shape index (κ1) is 28.8. The molecule has 2 aromatic rings. The number of morpholine rings is 1. The molecule has 7 nitrogen and oxygen atoms in total. The average Bonchev–Trinajstić information content (AvgIpc) is 2.90. The van der Waals surface area contributed by atoms with Crippen LogP contribution in [-0.2, 0) is 16.0 Å². The Morgan fingerprint density at radius 3 is 2.44 bits per heavy atom. The van der Waals surface area contributed by atoms with E-state index in [9.17, 15) is 4.79 Å². The predicted molar refractivity (Wildman–Crippen MR) is 156 cm³/mol. The smallest absolute Gasteiger partial charge is 0.251 e. The summed E-state index contributed by atoms with van der Waals surface area (Å²) < 4.78 is 23.2. The Morgan fingerprint density at radius 2 is 1.79 bits per heavy atom. The van der Waals surface area contributed by atoms with Gasteiger partial charge in [-0.3, -0.25) is 4.79 Å². The van der Waals surface area contributed by atoms with Gasteiger partial charge >= 0.3 is 0 Å². The summed E-state index contributed by atoms with van der Waals surface area (Å²) in [5, 5.41) is 0.566. The lowest BCUT2D eigenvalue weighted by atomic mass is 9.93. The summed E-state index contributed by atoms with van der Waals surface area (Å²) >= 11 is 6.43. The molecule has 0 spiro atoms. The molecular formula is C31H39ClN2O5. The number of anilines is 1. The van der Waals surface area contributed by atoms with Crippen LogP contribution < -0.4 is 19.1 Å². The molecule has 2 heterocycles. The maximum absolute atomic E-state index is 14.0. The number of amides is 1. The van der Waals surface area contributed by atoms with Crippen molar-refractivity contribution in [2.24, 2.45) is 0 Å². The van der Waals surface area contributed by atoms with Crippen LogP contribution in [0.1, 0.15) is 52.2 Å². The highest BCUT2D eigenvalue weighted by atomic mass is 35.5. The summed E-state index contributed by atoms with van der Waals surface area (Å²) in [6, 6.07) is 9.44.